The maximum atomic E-state index is 12.3. The molecule has 0 spiro atoms. The van der Waals surface area contributed by atoms with Crippen molar-refractivity contribution < 1.29 is 18.7 Å². The second-order valence-corrected chi connectivity index (χ2v) is 6.08. The number of hydrogen-bond donors (Lipinski definition) is 1. The number of carbonyl (C=O) groups excluding carboxylic acids is 1. The molecule has 1 amide bonds. The second kappa shape index (κ2) is 7.90. The number of amides is 1. The van der Waals surface area contributed by atoms with E-state index in [4.69, 9.17) is 13.9 Å². The van der Waals surface area contributed by atoms with Crippen LogP contribution in [0.3, 0.4) is 0 Å². The van der Waals surface area contributed by atoms with Crippen LogP contribution in [-0.4, -0.2) is 13.0 Å². The van der Waals surface area contributed by atoms with Gasteiger partial charge in [0.15, 0.2) is 5.76 Å². The number of para-hydroxylation sites is 2. The molecule has 0 aliphatic rings. The molecule has 0 aliphatic carbocycles. The molecular weight excluding hydrogens is 386 g/mol. The number of anilines is 1. The number of rotatable bonds is 6. The zero-order valence-electron chi connectivity index (χ0n) is 13.5. The maximum absolute atomic E-state index is 12.3. The van der Waals surface area contributed by atoms with Crippen LogP contribution in [-0.2, 0) is 6.61 Å². The number of methoxy groups -OCH3 is 1. The fourth-order valence-electron chi connectivity index (χ4n) is 2.19. The molecule has 0 atom stereocenters. The topological polar surface area (TPSA) is 60.7 Å². The van der Waals surface area contributed by atoms with Crippen molar-refractivity contribution in [3.8, 4) is 11.5 Å². The first-order chi connectivity index (χ1) is 12.2. The van der Waals surface area contributed by atoms with E-state index in [0.717, 1.165) is 10.2 Å². The Morgan fingerprint density at radius 2 is 1.84 bits per heavy atom. The van der Waals surface area contributed by atoms with Crippen LogP contribution in [0.2, 0.25) is 0 Å². The van der Waals surface area contributed by atoms with Crippen molar-refractivity contribution in [3.63, 3.8) is 0 Å². The van der Waals surface area contributed by atoms with E-state index in [1.165, 1.54) is 0 Å². The first-order valence-corrected chi connectivity index (χ1v) is 8.36. The lowest BCUT2D eigenvalue weighted by Gasteiger charge is -2.08. The van der Waals surface area contributed by atoms with Gasteiger partial charge in [-0.1, -0.05) is 28.1 Å². The van der Waals surface area contributed by atoms with E-state index in [-0.39, 0.29) is 18.3 Å². The van der Waals surface area contributed by atoms with Gasteiger partial charge in [-0.25, -0.2) is 0 Å². The van der Waals surface area contributed by atoms with E-state index in [2.05, 4.69) is 21.2 Å². The fraction of sp³-hybridized carbons (Fsp3) is 0.105. The average Bonchev–Trinajstić information content (AvgIpc) is 3.11. The van der Waals surface area contributed by atoms with Crippen molar-refractivity contribution in [3.05, 3.63) is 76.7 Å². The summed E-state index contributed by atoms with van der Waals surface area (Å²) in [5.74, 6) is 1.73. The van der Waals surface area contributed by atoms with Crippen LogP contribution in [0.15, 0.2) is 69.6 Å². The third-order valence-electron chi connectivity index (χ3n) is 3.44. The Balaban J connectivity index is 1.62. The van der Waals surface area contributed by atoms with Crippen LogP contribution in [0.1, 0.15) is 16.3 Å². The second-order valence-electron chi connectivity index (χ2n) is 5.16. The first-order valence-electron chi connectivity index (χ1n) is 7.57. The fourth-order valence-corrected chi connectivity index (χ4v) is 2.46. The minimum Gasteiger partial charge on any atom is -0.495 e. The predicted octanol–water partition coefficient (Wildman–Crippen LogP) is 4.88. The van der Waals surface area contributed by atoms with Gasteiger partial charge in [-0.15, -0.1) is 0 Å². The summed E-state index contributed by atoms with van der Waals surface area (Å²) in [6.07, 6.45) is 0. The average molecular weight is 402 g/mol. The van der Waals surface area contributed by atoms with Crippen LogP contribution in [0.25, 0.3) is 0 Å². The summed E-state index contributed by atoms with van der Waals surface area (Å²) < 4.78 is 17.4. The molecule has 0 saturated carbocycles. The Labute approximate surface area is 153 Å². The summed E-state index contributed by atoms with van der Waals surface area (Å²) in [5.41, 5.74) is 0.582. The molecule has 0 unspecified atom stereocenters. The van der Waals surface area contributed by atoms with Gasteiger partial charge in [0.05, 0.1) is 12.8 Å². The summed E-state index contributed by atoms with van der Waals surface area (Å²) in [6.45, 7) is 0.240. The van der Waals surface area contributed by atoms with Gasteiger partial charge < -0.3 is 19.2 Å². The highest BCUT2D eigenvalue weighted by molar-refractivity contribution is 9.10. The van der Waals surface area contributed by atoms with Crippen molar-refractivity contribution >= 4 is 27.5 Å². The molecule has 0 aliphatic heterocycles. The van der Waals surface area contributed by atoms with Gasteiger partial charge in [0.25, 0.3) is 5.91 Å². The highest BCUT2D eigenvalue weighted by Crippen LogP contribution is 2.24. The highest BCUT2D eigenvalue weighted by atomic mass is 79.9. The summed E-state index contributed by atoms with van der Waals surface area (Å²) in [6, 6.07) is 18.0. The molecule has 3 aromatic rings. The van der Waals surface area contributed by atoms with Gasteiger partial charge >= 0.3 is 0 Å². The van der Waals surface area contributed by atoms with Crippen molar-refractivity contribution in [1.82, 2.24) is 0 Å². The monoisotopic (exact) mass is 401 g/mol. The molecular formula is C19H16BrNO4. The molecule has 6 heteroatoms. The lowest BCUT2D eigenvalue weighted by atomic mass is 10.3. The van der Waals surface area contributed by atoms with Crippen molar-refractivity contribution in [2.75, 3.05) is 12.4 Å². The molecule has 3 rings (SSSR count). The normalized spacial score (nSPS) is 10.3. The number of benzene rings is 2. The molecule has 128 valence electrons. The summed E-state index contributed by atoms with van der Waals surface area (Å²) >= 11 is 3.37. The maximum Gasteiger partial charge on any atom is 0.291 e. The Bertz CT molecular complexity index is 858. The standard InChI is InChI=1S/C19H16BrNO4/c1-23-17-5-3-2-4-16(17)21-19(22)18-11-10-15(25-18)12-24-14-8-6-13(20)7-9-14/h2-11H,12H2,1H3,(H,21,22). The van der Waals surface area contributed by atoms with E-state index >= 15 is 0 Å². The number of halogens is 1. The number of carbonyl (C=O) groups is 1. The van der Waals surface area contributed by atoms with Crippen molar-refractivity contribution in [2.45, 2.75) is 6.61 Å². The largest absolute Gasteiger partial charge is 0.495 e. The highest BCUT2D eigenvalue weighted by Gasteiger charge is 2.13. The minimum atomic E-state index is -0.348. The zero-order valence-corrected chi connectivity index (χ0v) is 15.1. The van der Waals surface area contributed by atoms with Gasteiger partial charge in [0.2, 0.25) is 0 Å². The Kier molecular flexibility index (Phi) is 5.40. The molecule has 0 fully saturated rings. The van der Waals surface area contributed by atoms with Crippen molar-refractivity contribution in [2.24, 2.45) is 0 Å². The quantitative estimate of drug-likeness (QED) is 0.639. The number of hydrogen-bond acceptors (Lipinski definition) is 4. The first kappa shape index (κ1) is 17.1. The summed E-state index contributed by atoms with van der Waals surface area (Å²) in [4.78, 5) is 12.3. The molecule has 1 aromatic heterocycles. The third-order valence-corrected chi connectivity index (χ3v) is 3.96. The Hall–Kier alpha value is -2.73. The van der Waals surface area contributed by atoms with Crippen LogP contribution in [0.4, 0.5) is 5.69 Å². The third kappa shape index (κ3) is 4.42. The van der Waals surface area contributed by atoms with Crippen LogP contribution >= 0.6 is 15.9 Å². The zero-order chi connectivity index (χ0) is 17.6. The summed E-state index contributed by atoms with van der Waals surface area (Å²) in [7, 11) is 1.55. The van der Waals surface area contributed by atoms with Crippen LogP contribution in [0, 0.1) is 0 Å². The van der Waals surface area contributed by atoms with Gasteiger partial charge in [-0.2, -0.15) is 0 Å². The predicted molar refractivity (Wildman–Crippen MR) is 98.1 cm³/mol. The molecule has 0 saturated heterocycles. The lowest BCUT2D eigenvalue weighted by Crippen LogP contribution is -2.11. The SMILES string of the molecule is COc1ccccc1NC(=O)c1ccc(COc2ccc(Br)cc2)o1. The number of furan rings is 1. The number of ether oxygens (including phenoxy) is 2. The molecule has 0 bridgehead atoms. The molecule has 2 aromatic carbocycles. The molecule has 1 heterocycles. The smallest absolute Gasteiger partial charge is 0.291 e. The Morgan fingerprint density at radius 3 is 2.60 bits per heavy atom. The summed E-state index contributed by atoms with van der Waals surface area (Å²) in [5, 5.41) is 2.77. The molecule has 5 nitrogen and oxygen atoms in total. The van der Waals surface area contributed by atoms with Gasteiger partial charge in [-0.05, 0) is 48.5 Å². The van der Waals surface area contributed by atoms with E-state index in [1.807, 2.05) is 36.4 Å². The van der Waals surface area contributed by atoms with Crippen LogP contribution in [0.5, 0.6) is 11.5 Å². The van der Waals surface area contributed by atoms with E-state index in [0.29, 0.717) is 17.2 Å². The van der Waals surface area contributed by atoms with E-state index in [1.54, 1.807) is 31.4 Å². The van der Waals surface area contributed by atoms with Crippen LogP contribution < -0.4 is 14.8 Å². The molecule has 25 heavy (non-hydrogen) atoms. The van der Waals surface area contributed by atoms with Gasteiger partial charge in [0, 0.05) is 4.47 Å². The molecule has 1 N–H and O–H groups in total. The lowest BCUT2D eigenvalue weighted by molar-refractivity contribution is 0.0992. The van der Waals surface area contributed by atoms with Crippen molar-refractivity contribution in [1.29, 1.82) is 0 Å². The Morgan fingerprint density at radius 1 is 1.08 bits per heavy atom. The number of nitrogens with one attached hydrogen (secondary N) is 1. The minimum absolute atomic E-state index is 0.209. The van der Waals surface area contributed by atoms with E-state index < -0.39 is 0 Å². The molecule has 0 radical (unpaired) electrons. The van der Waals surface area contributed by atoms with Gasteiger partial charge in [0.1, 0.15) is 23.9 Å². The van der Waals surface area contributed by atoms with Gasteiger partial charge in [-0.3, -0.25) is 4.79 Å². The van der Waals surface area contributed by atoms with E-state index in [9.17, 15) is 4.79 Å².